The smallest absolute Gasteiger partial charge is 0.151 e. The van der Waals surface area contributed by atoms with Crippen molar-refractivity contribution in [2.75, 3.05) is 20.3 Å². The summed E-state index contributed by atoms with van der Waals surface area (Å²) in [5, 5.41) is 11.8. The Morgan fingerprint density at radius 2 is 2.04 bits per heavy atom. The van der Waals surface area contributed by atoms with Crippen LogP contribution in [-0.4, -0.2) is 46.7 Å². The summed E-state index contributed by atoms with van der Waals surface area (Å²) in [7, 11) is 1.79. The van der Waals surface area contributed by atoms with E-state index in [2.05, 4.69) is 22.4 Å². The van der Waals surface area contributed by atoms with Gasteiger partial charge in [-0.1, -0.05) is 18.2 Å². The van der Waals surface area contributed by atoms with E-state index in [1.165, 1.54) is 0 Å². The molecule has 0 radical (unpaired) electrons. The molecule has 3 rings (SSSR count). The Hall–Kier alpha value is -1.76. The lowest BCUT2D eigenvalue weighted by Gasteiger charge is -2.41. The van der Waals surface area contributed by atoms with Crippen LogP contribution >= 0.6 is 0 Å². The van der Waals surface area contributed by atoms with E-state index in [4.69, 9.17) is 9.47 Å². The van der Waals surface area contributed by atoms with E-state index in [0.29, 0.717) is 6.54 Å². The lowest BCUT2D eigenvalue weighted by Crippen LogP contribution is -2.53. The molecule has 0 spiro atoms. The highest BCUT2D eigenvalue weighted by atomic mass is 16.5. The van der Waals surface area contributed by atoms with Crippen molar-refractivity contribution in [3.05, 3.63) is 42.5 Å². The average Bonchev–Trinajstić information content (AvgIpc) is 3.09. The fourth-order valence-corrected chi connectivity index (χ4v) is 3.14. The SMILES string of the molecule is COC1(C(C)NCc2nncn2-c2ccccc2)CCOCC1. The lowest BCUT2D eigenvalue weighted by molar-refractivity contribution is -0.107. The predicted octanol–water partition coefficient (Wildman–Crippen LogP) is 1.94. The largest absolute Gasteiger partial charge is 0.381 e. The van der Waals surface area contributed by atoms with Crippen molar-refractivity contribution in [2.45, 2.75) is 38.0 Å². The topological polar surface area (TPSA) is 61.2 Å². The van der Waals surface area contributed by atoms with Gasteiger partial charge in [-0.2, -0.15) is 0 Å². The van der Waals surface area contributed by atoms with Crippen LogP contribution in [0.25, 0.3) is 5.69 Å². The number of aromatic nitrogens is 3. The van der Waals surface area contributed by atoms with Gasteiger partial charge in [0.1, 0.15) is 6.33 Å². The Labute approximate surface area is 136 Å². The van der Waals surface area contributed by atoms with Crippen molar-refractivity contribution in [2.24, 2.45) is 0 Å². The van der Waals surface area contributed by atoms with Crippen LogP contribution in [0.2, 0.25) is 0 Å². The molecular weight excluding hydrogens is 292 g/mol. The number of methoxy groups -OCH3 is 1. The maximum absolute atomic E-state index is 5.84. The van der Waals surface area contributed by atoms with E-state index in [9.17, 15) is 0 Å². The minimum absolute atomic E-state index is 0.171. The first-order valence-corrected chi connectivity index (χ1v) is 8.06. The summed E-state index contributed by atoms with van der Waals surface area (Å²) in [6, 6.07) is 10.3. The summed E-state index contributed by atoms with van der Waals surface area (Å²) in [5.74, 6) is 0.890. The number of benzene rings is 1. The monoisotopic (exact) mass is 316 g/mol. The van der Waals surface area contributed by atoms with Crippen LogP contribution in [0.4, 0.5) is 0 Å². The van der Waals surface area contributed by atoms with Gasteiger partial charge in [0.2, 0.25) is 0 Å². The quantitative estimate of drug-likeness (QED) is 0.882. The van der Waals surface area contributed by atoms with Gasteiger partial charge in [-0.3, -0.25) is 4.57 Å². The summed E-state index contributed by atoms with van der Waals surface area (Å²) in [5.41, 5.74) is 0.894. The van der Waals surface area contributed by atoms with Crippen molar-refractivity contribution in [3.63, 3.8) is 0 Å². The molecule has 1 saturated heterocycles. The van der Waals surface area contributed by atoms with Crippen LogP contribution in [0, 0.1) is 0 Å². The standard InChI is InChI=1S/C17H24N4O2/c1-14(17(22-2)8-10-23-11-9-17)18-12-16-20-19-13-21(16)15-6-4-3-5-7-15/h3-7,13-14,18H,8-12H2,1-2H3. The number of ether oxygens (including phenoxy) is 2. The van der Waals surface area contributed by atoms with Crippen molar-refractivity contribution in [1.82, 2.24) is 20.1 Å². The molecule has 6 heteroatoms. The van der Waals surface area contributed by atoms with Gasteiger partial charge in [-0.25, -0.2) is 0 Å². The van der Waals surface area contributed by atoms with Gasteiger partial charge in [0.25, 0.3) is 0 Å². The number of para-hydroxylation sites is 1. The third kappa shape index (κ3) is 3.44. The van der Waals surface area contributed by atoms with E-state index in [0.717, 1.165) is 37.6 Å². The van der Waals surface area contributed by atoms with Crippen LogP contribution in [0.3, 0.4) is 0 Å². The molecule has 1 aliphatic rings. The molecule has 1 atom stereocenters. The second-order valence-electron chi connectivity index (χ2n) is 5.94. The normalized spacial score (nSPS) is 18.7. The minimum atomic E-state index is -0.171. The van der Waals surface area contributed by atoms with E-state index in [-0.39, 0.29) is 11.6 Å². The van der Waals surface area contributed by atoms with Gasteiger partial charge >= 0.3 is 0 Å². The zero-order valence-corrected chi connectivity index (χ0v) is 13.7. The van der Waals surface area contributed by atoms with Gasteiger partial charge in [0.05, 0.1) is 12.1 Å². The van der Waals surface area contributed by atoms with E-state index < -0.39 is 0 Å². The fourth-order valence-electron chi connectivity index (χ4n) is 3.14. The molecule has 1 unspecified atom stereocenters. The predicted molar refractivity (Wildman–Crippen MR) is 87.5 cm³/mol. The molecule has 124 valence electrons. The fraction of sp³-hybridized carbons (Fsp3) is 0.529. The molecule has 1 fully saturated rings. The molecule has 1 aliphatic heterocycles. The van der Waals surface area contributed by atoms with Crippen molar-refractivity contribution in [1.29, 1.82) is 0 Å². The maximum Gasteiger partial charge on any atom is 0.151 e. The molecule has 2 aromatic rings. The molecule has 6 nitrogen and oxygen atoms in total. The average molecular weight is 316 g/mol. The zero-order valence-electron chi connectivity index (χ0n) is 13.7. The first-order chi connectivity index (χ1) is 11.2. The Morgan fingerprint density at radius 1 is 1.30 bits per heavy atom. The highest BCUT2D eigenvalue weighted by Crippen LogP contribution is 2.28. The number of hydrogen-bond donors (Lipinski definition) is 1. The molecule has 1 aromatic heterocycles. The summed E-state index contributed by atoms with van der Waals surface area (Å²) in [6.07, 6.45) is 3.56. The Bertz CT molecular complexity index is 608. The highest BCUT2D eigenvalue weighted by molar-refractivity contribution is 5.31. The van der Waals surface area contributed by atoms with E-state index in [1.807, 2.05) is 34.9 Å². The number of nitrogens with one attached hydrogen (secondary N) is 1. The van der Waals surface area contributed by atoms with E-state index >= 15 is 0 Å². The molecule has 0 aliphatic carbocycles. The summed E-state index contributed by atoms with van der Waals surface area (Å²) >= 11 is 0. The van der Waals surface area contributed by atoms with Crippen molar-refractivity contribution < 1.29 is 9.47 Å². The summed E-state index contributed by atoms with van der Waals surface area (Å²) < 4.78 is 13.3. The second kappa shape index (κ2) is 7.21. The van der Waals surface area contributed by atoms with Crippen molar-refractivity contribution in [3.8, 4) is 5.69 Å². The Morgan fingerprint density at radius 3 is 2.74 bits per heavy atom. The molecule has 0 amide bonds. The summed E-state index contributed by atoms with van der Waals surface area (Å²) in [4.78, 5) is 0. The third-order valence-electron chi connectivity index (χ3n) is 4.75. The van der Waals surface area contributed by atoms with Crippen LogP contribution in [0.1, 0.15) is 25.6 Å². The zero-order chi connectivity index (χ0) is 16.1. The molecule has 2 heterocycles. The molecule has 1 aromatic carbocycles. The van der Waals surface area contributed by atoms with Crippen molar-refractivity contribution >= 4 is 0 Å². The summed E-state index contributed by atoms with van der Waals surface area (Å²) in [6.45, 7) is 4.31. The highest BCUT2D eigenvalue weighted by Gasteiger charge is 2.38. The lowest BCUT2D eigenvalue weighted by atomic mass is 9.87. The third-order valence-corrected chi connectivity index (χ3v) is 4.75. The number of nitrogens with zero attached hydrogens (tertiary/aromatic N) is 3. The molecule has 0 saturated carbocycles. The molecule has 1 N–H and O–H groups in total. The number of rotatable bonds is 6. The van der Waals surface area contributed by atoms with Crippen LogP contribution in [0.5, 0.6) is 0 Å². The van der Waals surface area contributed by atoms with Gasteiger partial charge in [-0.05, 0) is 19.1 Å². The maximum atomic E-state index is 5.84. The Kier molecular flexibility index (Phi) is 5.05. The van der Waals surface area contributed by atoms with Gasteiger partial charge < -0.3 is 14.8 Å². The molecule has 0 bridgehead atoms. The first kappa shape index (κ1) is 16.1. The van der Waals surface area contributed by atoms with Crippen LogP contribution < -0.4 is 5.32 Å². The molecule has 23 heavy (non-hydrogen) atoms. The van der Waals surface area contributed by atoms with Gasteiger partial charge in [0.15, 0.2) is 5.82 Å². The van der Waals surface area contributed by atoms with Crippen LogP contribution in [-0.2, 0) is 16.0 Å². The minimum Gasteiger partial charge on any atom is -0.381 e. The Balaban J connectivity index is 1.68. The first-order valence-electron chi connectivity index (χ1n) is 8.06. The van der Waals surface area contributed by atoms with Gasteiger partial charge in [0, 0.05) is 44.9 Å². The number of hydrogen-bond acceptors (Lipinski definition) is 5. The second-order valence-corrected chi connectivity index (χ2v) is 5.94. The van der Waals surface area contributed by atoms with E-state index in [1.54, 1.807) is 13.4 Å². The van der Waals surface area contributed by atoms with Crippen LogP contribution in [0.15, 0.2) is 36.7 Å². The molecular formula is C17H24N4O2. The van der Waals surface area contributed by atoms with Gasteiger partial charge in [-0.15, -0.1) is 10.2 Å².